The lowest BCUT2D eigenvalue weighted by Crippen LogP contribution is -2.39. The lowest BCUT2D eigenvalue weighted by Gasteiger charge is -2.09. The predicted molar refractivity (Wildman–Crippen MR) is 89.9 cm³/mol. The van der Waals surface area contributed by atoms with Gasteiger partial charge in [0.25, 0.3) is 0 Å². The van der Waals surface area contributed by atoms with Crippen LogP contribution in [0.25, 0.3) is 11.5 Å². The molecule has 0 spiro atoms. The first-order valence-corrected chi connectivity index (χ1v) is 9.16. The maximum absolute atomic E-state index is 11.1. The van der Waals surface area contributed by atoms with E-state index < -0.39 is 9.84 Å². The number of benzene rings is 1. The van der Waals surface area contributed by atoms with Crippen LogP contribution in [0.4, 0.5) is 0 Å². The van der Waals surface area contributed by atoms with E-state index in [9.17, 15) is 8.42 Å². The lowest BCUT2D eigenvalue weighted by atomic mass is 10.2. The third-order valence-electron chi connectivity index (χ3n) is 3.00. The van der Waals surface area contributed by atoms with Gasteiger partial charge >= 0.3 is 0 Å². The molecule has 124 valence electrons. The van der Waals surface area contributed by atoms with E-state index in [1.807, 2.05) is 30.3 Å². The van der Waals surface area contributed by atoms with Crippen LogP contribution < -0.4 is 10.6 Å². The van der Waals surface area contributed by atoms with Gasteiger partial charge in [0.05, 0.1) is 18.0 Å². The van der Waals surface area contributed by atoms with E-state index >= 15 is 0 Å². The van der Waals surface area contributed by atoms with Crippen LogP contribution in [0.15, 0.2) is 46.0 Å². The van der Waals surface area contributed by atoms with E-state index in [1.165, 1.54) is 6.26 Å². The SMILES string of the molecule is CN=C(NCCS(C)(=O)=O)NCc1coc(-c2ccccc2)n1. The first kappa shape index (κ1) is 17.0. The number of aromatic nitrogens is 1. The average molecular weight is 336 g/mol. The third-order valence-corrected chi connectivity index (χ3v) is 3.94. The number of nitrogens with one attached hydrogen (secondary N) is 2. The highest BCUT2D eigenvalue weighted by atomic mass is 32.2. The highest BCUT2D eigenvalue weighted by molar-refractivity contribution is 7.90. The summed E-state index contributed by atoms with van der Waals surface area (Å²) in [6.07, 6.45) is 2.78. The summed E-state index contributed by atoms with van der Waals surface area (Å²) in [4.78, 5) is 8.43. The monoisotopic (exact) mass is 336 g/mol. The average Bonchev–Trinajstić information content (AvgIpc) is 2.99. The quantitative estimate of drug-likeness (QED) is 0.605. The van der Waals surface area contributed by atoms with Crippen molar-refractivity contribution in [3.8, 4) is 11.5 Å². The minimum atomic E-state index is -3.00. The number of guanidine groups is 1. The van der Waals surface area contributed by atoms with E-state index in [4.69, 9.17) is 4.42 Å². The van der Waals surface area contributed by atoms with Crippen LogP contribution in [0.2, 0.25) is 0 Å². The molecule has 1 aromatic heterocycles. The molecule has 0 aliphatic rings. The van der Waals surface area contributed by atoms with Crippen molar-refractivity contribution in [2.24, 2.45) is 4.99 Å². The van der Waals surface area contributed by atoms with Crippen LogP contribution in [0.5, 0.6) is 0 Å². The summed E-state index contributed by atoms with van der Waals surface area (Å²) in [6.45, 7) is 0.724. The van der Waals surface area contributed by atoms with Crippen molar-refractivity contribution in [1.82, 2.24) is 15.6 Å². The molecule has 0 unspecified atom stereocenters. The Hall–Kier alpha value is -2.35. The summed E-state index contributed by atoms with van der Waals surface area (Å²) < 4.78 is 27.6. The summed E-state index contributed by atoms with van der Waals surface area (Å²) in [7, 11) is -1.38. The molecule has 0 fully saturated rings. The molecule has 7 nitrogen and oxygen atoms in total. The lowest BCUT2D eigenvalue weighted by molar-refractivity contribution is 0.572. The molecule has 1 heterocycles. The zero-order valence-electron chi connectivity index (χ0n) is 13.1. The summed E-state index contributed by atoms with van der Waals surface area (Å²) in [5.74, 6) is 1.12. The first-order valence-electron chi connectivity index (χ1n) is 7.10. The number of rotatable bonds is 6. The van der Waals surface area contributed by atoms with E-state index in [2.05, 4.69) is 20.6 Å². The summed E-state index contributed by atoms with van der Waals surface area (Å²) in [5.41, 5.74) is 1.64. The first-order chi connectivity index (χ1) is 11.0. The van der Waals surface area contributed by atoms with Crippen LogP contribution in [-0.2, 0) is 16.4 Å². The molecular weight excluding hydrogens is 316 g/mol. The number of hydrogen-bond acceptors (Lipinski definition) is 5. The van der Waals surface area contributed by atoms with Crippen molar-refractivity contribution in [1.29, 1.82) is 0 Å². The second kappa shape index (κ2) is 7.77. The van der Waals surface area contributed by atoms with Gasteiger partial charge in [0.1, 0.15) is 16.1 Å². The molecule has 0 bridgehead atoms. The molecule has 0 saturated carbocycles. The van der Waals surface area contributed by atoms with Gasteiger partial charge in [-0.15, -0.1) is 0 Å². The smallest absolute Gasteiger partial charge is 0.226 e. The van der Waals surface area contributed by atoms with Gasteiger partial charge in [-0.05, 0) is 12.1 Å². The Morgan fingerprint density at radius 2 is 2.00 bits per heavy atom. The number of nitrogens with zero attached hydrogens (tertiary/aromatic N) is 2. The van der Waals surface area contributed by atoms with Gasteiger partial charge in [-0.1, -0.05) is 18.2 Å². The molecule has 23 heavy (non-hydrogen) atoms. The van der Waals surface area contributed by atoms with E-state index in [1.54, 1.807) is 13.3 Å². The second-order valence-corrected chi connectivity index (χ2v) is 7.25. The Morgan fingerprint density at radius 3 is 2.65 bits per heavy atom. The number of hydrogen-bond donors (Lipinski definition) is 2. The van der Waals surface area contributed by atoms with Gasteiger partial charge in [0, 0.05) is 25.4 Å². The zero-order chi connectivity index (χ0) is 16.7. The Bertz CT molecular complexity index is 754. The fourth-order valence-electron chi connectivity index (χ4n) is 1.85. The highest BCUT2D eigenvalue weighted by Gasteiger charge is 2.07. The van der Waals surface area contributed by atoms with Crippen molar-refractivity contribution in [3.05, 3.63) is 42.3 Å². The van der Waals surface area contributed by atoms with Gasteiger partial charge in [-0.3, -0.25) is 4.99 Å². The highest BCUT2D eigenvalue weighted by Crippen LogP contribution is 2.17. The molecule has 0 aliphatic heterocycles. The molecule has 8 heteroatoms. The number of aliphatic imine (C=N–C) groups is 1. The largest absolute Gasteiger partial charge is 0.444 e. The Morgan fingerprint density at radius 1 is 1.26 bits per heavy atom. The second-order valence-electron chi connectivity index (χ2n) is 4.99. The zero-order valence-corrected chi connectivity index (χ0v) is 13.9. The topological polar surface area (TPSA) is 96.6 Å². The van der Waals surface area contributed by atoms with Crippen LogP contribution >= 0.6 is 0 Å². The Kier molecular flexibility index (Phi) is 5.75. The van der Waals surface area contributed by atoms with Crippen LogP contribution in [-0.4, -0.2) is 45.0 Å². The molecule has 0 radical (unpaired) electrons. The number of oxazole rings is 1. The normalized spacial score (nSPS) is 12.2. The standard InChI is InChI=1S/C15H20N4O3S/c1-16-15(17-8-9-23(2,20)21)18-10-13-11-22-14(19-13)12-6-4-3-5-7-12/h3-7,11H,8-10H2,1-2H3,(H2,16,17,18). The number of sulfone groups is 1. The van der Waals surface area contributed by atoms with Gasteiger partial charge < -0.3 is 15.1 Å². The van der Waals surface area contributed by atoms with Crippen LogP contribution in [0.1, 0.15) is 5.69 Å². The summed E-state index contributed by atoms with van der Waals surface area (Å²) >= 11 is 0. The predicted octanol–water partition coefficient (Wildman–Crippen LogP) is 1.05. The fourth-order valence-corrected chi connectivity index (χ4v) is 2.32. The Labute approximate surface area is 135 Å². The Balaban J connectivity index is 1.86. The molecule has 0 amide bonds. The van der Waals surface area contributed by atoms with Crippen molar-refractivity contribution in [3.63, 3.8) is 0 Å². The van der Waals surface area contributed by atoms with Crippen molar-refractivity contribution in [2.45, 2.75) is 6.54 Å². The minimum Gasteiger partial charge on any atom is -0.444 e. The molecule has 2 aromatic rings. The molecule has 2 N–H and O–H groups in total. The molecule has 1 aromatic carbocycles. The molecule has 0 aliphatic carbocycles. The third kappa shape index (κ3) is 5.74. The maximum atomic E-state index is 11.1. The van der Waals surface area contributed by atoms with Crippen LogP contribution in [0, 0.1) is 0 Å². The molecule has 2 rings (SSSR count). The van der Waals surface area contributed by atoms with Gasteiger partial charge in [-0.25, -0.2) is 13.4 Å². The van der Waals surface area contributed by atoms with Gasteiger partial charge in [-0.2, -0.15) is 0 Å². The van der Waals surface area contributed by atoms with Crippen molar-refractivity contribution < 1.29 is 12.8 Å². The maximum Gasteiger partial charge on any atom is 0.226 e. The van der Waals surface area contributed by atoms with E-state index in [0.29, 0.717) is 24.9 Å². The summed E-state index contributed by atoms with van der Waals surface area (Å²) in [6, 6.07) is 9.63. The minimum absolute atomic E-state index is 0.0514. The fraction of sp³-hybridized carbons (Fsp3) is 0.333. The van der Waals surface area contributed by atoms with Gasteiger partial charge in [0.2, 0.25) is 5.89 Å². The van der Waals surface area contributed by atoms with Crippen molar-refractivity contribution >= 4 is 15.8 Å². The van der Waals surface area contributed by atoms with Gasteiger partial charge in [0.15, 0.2) is 5.96 Å². The molecule has 0 saturated heterocycles. The van der Waals surface area contributed by atoms with Crippen LogP contribution in [0.3, 0.4) is 0 Å². The molecule has 0 atom stereocenters. The molecular formula is C15H20N4O3S. The summed E-state index contributed by atoms with van der Waals surface area (Å²) in [5, 5.41) is 5.99. The van der Waals surface area contributed by atoms with E-state index in [0.717, 1.165) is 11.3 Å². The van der Waals surface area contributed by atoms with E-state index in [-0.39, 0.29) is 5.75 Å². The van der Waals surface area contributed by atoms with Crippen molar-refractivity contribution in [2.75, 3.05) is 25.6 Å².